The minimum absolute atomic E-state index is 0.0166. The first-order valence-corrected chi connectivity index (χ1v) is 6.70. The van der Waals surface area contributed by atoms with Crippen LogP contribution in [0.15, 0.2) is 22.1 Å². The number of thiazole rings is 1. The molecule has 2 aromatic heterocycles. The standard InChI is InChI=1S/C12H13N3O2S/c13-12-15-9(6-18-12)11(16)14-8-2-1-3-10-7(8)4-5-17-10/h4-6,8H,1-3H2,(H2,13,15)(H,14,16). The topological polar surface area (TPSA) is 81.1 Å². The predicted octanol–water partition coefficient (Wildman–Crippen LogP) is 2.13. The van der Waals surface area contributed by atoms with Crippen molar-refractivity contribution < 1.29 is 9.21 Å². The lowest BCUT2D eigenvalue weighted by atomic mass is 9.93. The third-order valence-corrected chi connectivity index (χ3v) is 3.79. The second-order valence-corrected chi connectivity index (χ2v) is 5.18. The van der Waals surface area contributed by atoms with Crippen LogP contribution in [0.2, 0.25) is 0 Å². The normalized spacial score (nSPS) is 18.3. The third kappa shape index (κ3) is 1.99. The maximum Gasteiger partial charge on any atom is 0.271 e. The molecule has 3 rings (SSSR count). The average Bonchev–Trinajstić information content (AvgIpc) is 2.97. The van der Waals surface area contributed by atoms with Crippen LogP contribution in [0.1, 0.15) is 40.7 Å². The highest BCUT2D eigenvalue weighted by molar-refractivity contribution is 7.13. The predicted molar refractivity (Wildman–Crippen MR) is 68.4 cm³/mol. The van der Waals surface area contributed by atoms with Crippen LogP contribution in [0.25, 0.3) is 0 Å². The molecule has 0 radical (unpaired) electrons. The highest BCUT2D eigenvalue weighted by atomic mass is 32.1. The Morgan fingerprint density at radius 1 is 1.61 bits per heavy atom. The molecule has 1 aliphatic carbocycles. The number of carbonyl (C=O) groups excluding carboxylic acids is 1. The van der Waals surface area contributed by atoms with E-state index >= 15 is 0 Å². The summed E-state index contributed by atoms with van der Waals surface area (Å²) in [7, 11) is 0. The summed E-state index contributed by atoms with van der Waals surface area (Å²) in [5.41, 5.74) is 6.99. The van der Waals surface area contributed by atoms with Crippen molar-refractivity contribution in [2.24, 2.45) is 0 Å². The molecule has 0 aliphatic heterocycles. The van der Waals surface area contributed by atoms with Gasteiger partial charge in [-0.1, -0.05) is 0 Å². The van der Waals surface area contributed by atoms with E-state index in [9.17, 15) is 4.79 Å². The Morgan fingerprint density at radius 3 is 3.28 bits per heavy atom. The minimum atomic E-state index is -0.179. The van der Waals surface area contributed by atoms with Gasteiger partial charge in [-0.3, -0.25) is 4.79 Å². The number of aromatic nitrogens is 1. The quantitative estimate of drug-likeness (QED) is 0.869. The molecule has 0 aromatic carbocycles. The highest BCUT2D eigenvalue weighted by Crippen LogP contribution is 2.30. The summed E-state index contributed by atoms with van der Waals surface area (Å²) in [6.45, 7) is 0. The fourth-order valence-corrected chi connectivity index (χ4v) is 2.80. The van der Waals surface area contributed by atoms with Crippen LogP contribution in [0.3, 0.4) is 0 Å². The third-order valence-electron chi connectivity index (χ3n) is 3.11. The van der Waals surface area contributed by atoms with Crippen LogP contribution in [0.4, 0.5) is 5.13 Å². The Balaban J connectivity index is 1.77. The van der Waals surface area contributed by atoms with Gasteiger partial charge in [0.15, 0.2) is 5.13 Å². The first kappa shape index (κ1) is 11.3. The van der Waals surface area contributed by atoms with Crippen LogP contribution in [-0.4, -0.2) is 10.9 Å². The number of nitrogen functional groups attached to an aromatic ring is 1. The van der Waals surface area contributed by atoms with Crippen molar-refractivity contribution in [2.45, 2.75) is 25.3 Å². The van der Waals surface area contributed by atoms with Gasteiger partial charge in [0.1, 0.15) is 11.5 Å². The van der Waals surface area contributed by atoms with Gasteiger partial charge in [0.2, 0.25) is 0 Å². The number of fused-ring (bicyclic) bond motifs is 1. The molecule has 5 nitrogen and oxygen atoms in total. The average molecular weight is 263 g/mol. The maximum atomic E-state index is 12.0. The number of hydrogen-bond donors (Lipinski definition) is 2. The lowest BCUT2D eigenvalue weighted by Crippen LogP contribution is -2.30. The van der Waals surface area contributed by atoms with E-state index in [1.165, 1.54) is 11.3 Å². The molecule has 2 heterocycles. The van der Waals surface area contributed by atoms with Crippen molar-refractivity contribution in [2.75, 3.05) is 5.73 Å². The maximum absolute atomic E-state index is 12.0. The van der Waals surface area contributed by atoms with Crippen LogP contribution in [0, 0.1) is 0 Å². The first-order valence-electron chi connectivity index (χ1n) is 5.82. The van der Waals surface area contributed by atoms with Crippen LogP contribution in [-0.2, 0) is 6.42 Å². The summed E-state index contributed by atoms with van der Waals surface area (Å²) >= 11 is 1.27. The van der Waals surface area contributed by atoms with E-state index in [1.54, 1.807) is 11.6 Å². The number of furan rings is 1. The molecule has 0 spiro atoms. The smallest absolute Gasteiger partial charge is 0.271 e. The van der Waals surface area contributed by atoms with Crippen LogP contribution >= 0.6 is 11.3 Å². The van der Waals surface area contributed by atoms with Gasteiger partial charge in [-0.25, -0.2) is 4.98 Å². The van der Waals surface area contributed by atoms with Crippen molar-refractivity contribution >= 4 is 22.4 Å². The lowest BCUT2D eigenvalue weighted by Gasteiger charge is -2.22. The summed E-state index contributed by atoms with van der Waals surface area (Å²) in [5, 5.41) is 5.06. The van der Waals surface area contributed by atoms with Gasteiger partial charge >= 0.3 is 0 Å². The molecule has 3 N–H and O–H groups in total. The van der Waals surface area contributed by atoms with Gasteiger partial charge in [-0.15, -0.1) is 11.3 Å². The van der Waals surface area contributed by atoms with Gasteiger partial charge in [-0.05, 0) is 18.9 Å². The molecular weight excluding hydrogens is 250 g/mol. The molecule has 0 saturated carbocycles. The zero-order valence-corrected chi connectivity index (χ0v) is 10.5. The van der Waals surface area contributed by atoms with E-state index in [-0.39, 0.29) is 11.9 Å². The van der Waals surface area contributed by atoms with Crippen molar-refractivity contribution in [1.82, 2.24) is 10.3 Å². The number of aryl methyl sites for hydroxylation is 1. The molecule has 0 saturated heterocycles. The first-order chi connectivity index (χ1) is 8.74. The van der Waals surface area contributed by atoms with Gasteiger partial charge < -0.3 is 15.5 Å². The second kappa shape index (κ2) is 4.45. The zero-order valence-electron chi connectivity index (χ0n) is 9.68. The SMILES string of the molecule is Nc1nc(C(=O)NC2CCCc3occc32)cs1. The number of nitrogens with one attached hydrogen (secondary N) is 1. The molecule has 6 heteroatoms. The van der Waals surface area contributed by atoms with Gasteiger partial charge in [0, 0.05) is 17.4 Å². The van der Waals surface area contributed by atoms with E-state index in [0.717, 1.165) is 30.6 Å². The van der Waals surface area contributed by atoms with Gasteiger partial charge in [0.25, 0.3) is 5.91 Å². The van der Waals surface area contributed by atoms with Crippen LogP contribution in [0.5, 0.6) is 0 Å². The number of carbonyl (C=O) groups is 1. The molecule has 0 bridgehead atoms. The Bertz CT molecular complexity index is 575. The van der Waals surface area contributed by atoms with E-state index in [2.05, 4.69) is 10.3 Å². The number of amides is 1. The van der Waals surface area contributed by atoms with Crippen molar-refractivity contribution in [3.8, 4) is 0 Å². The summed E-state index contributed by atoms with van der Waals surface area (Å²) < 4.78 is 5.39. The van der Waals surface area contributed by atoms with E-state index in [4.69, 9.17) is 10.2 Å². The Morgan fingerprint density at radius 2 is 2.50 bits per heavy atom. The molecular formula is C12H13N3O2S. The van der Waals surface area contributed by atoms with Crippen LogP contribution < -0.4 is 11.1 Å². The number of hydrogen-bond acceptors (Lipinski definition) is 5. The van der Waals surface area contributed by atoms with Crippen molar-refractivity contribution in [3.63, 3.8) is 0 Å². The van der Waals surface area contributed by atoms with E-state index in [0.29, 0.717) is 10.8 Å². The van der Waals surface area contributed by atoms with E-state index in [1.807, 2.05) is 6.07 Å². The summed E-state index contributed by atoms with van der Waals surface area (Å²) in [5.74, 6) is 0.798. The Labute approximate surface area is 108 Å². The van der Waals surface area contributed by atoms with Crippen molar-refractivity contribution in [1.29, 1.82) is 0 Å². The molecule has 1 unspecified atom stereocenters. The van der Waals surface area contributed by atoms with E-state index < -0.39 is 0 Å². The van der Waals surface area contributed by atoms with Gasteiger partial charge in [-0.2, -0.15) is 0 Å². The molecule has 94 valence electrons. The summed E-state index contributed by atoms with van der Waals surface area (Å²) in [4.78, 5) is 16.0. The molecule has 1 amide bonds. The highest BCUT2D eigenvalue weighted by Gasteiger charge is 2.24. The largest absolute Gasteiger partial charge is 0.469 e. The lowest BCUT2D eigenvalue weighted by molar-refractivity contribution is 0.0928. The molecule has 18 heavy (non-hydrogen) atoms. The summed E-state index contributed by atoms with van der Waals surface area (Å²) in [6.07, 6.45) is 4.57. The van der Waals surface area contributed by atoms with Gasteiger partial charge in [0.05, 0.1) is 12.3 Å². The second-order valence-electron chi connectivity index (χ2n) is 4.29. The fourth-order valence-electron chi connectivity index (χ4n) is 2.26. The number of nitrogens with zero attached hydrogens (tertiary/aromatic N) is 1. The molecule has 1 aliphatic rings. The minimum Gasteiger partial charge on any atom is -0.469 e. The number of rotatable bonds is 2. The summed E-state index contributed by atoms with van der Waals surface area (Å²) in [6, 6.07) is 1.94. The Hall–Kier alpha value is -1.82. The molecule has 2 aromatic rings. The number of nitrogens with two attached hydrogens (primary N) is 1. The zero-order chi connectivity index (χ0) is 12.5. The number of anilines is 1. The monoisotopic (exact) mass is 263 g/mol. The molecule has 1 atom stereocenters. The Kier molecular flexibility index (Phi) is 2.79. The van der Waals surface area contributed by atoms with Crippen molar-refractivity contribution in [3.05, 3.63) is 34.7 Å². The fraction of sp³-hybridized carbons (Fsp3) is 0.333. The molecule has 0 fully saturated rings.